The Morgan fingerprint density at radius 3 is 2.70 bits per heavy atom. The highest BCUT2D eigenvalue weighted by Crippen LogP contribution is 2.33. The molecular formula is C18H23Cl2F2IN6O. The lowest BCUT2D eigenvalue weighted by Crippen LogP contribution is -2.37. The third kappa shape index (κ3) is 6.55. The van der Waals surface area contributed by atoms with Crippen molar-refractivity contribution in [1.29, 1.82) is 0 Å². The van der Waals surface area contributed by atoms with Gasteiger partial charge in [-0.1, -0.05) is 29.6 Å². The monoisotopic (exact) mass is 574 g/mol. The smallest absolute Gasteiger partial charge is 0.387 e. The molecule has 0 spiro atoms. The maximum Gasteiger partial charge on any atom is 0.387 e. The highest BCUT2D eigenvalue weighted by atomic mass is 127. The minimum atomic E-state index is -2.99. The van der Waals surface area contributed by atoms with Crippen molar-refractivity contribution in [2.75, 3.05) is 7.05 Å². The molecule has 0 saturated heterocycles. The average Bonchev–Trinajstić information content (AvgIpc) is 2.90. The number of aromatic nitrogens is 3. The van der Waals surface area contributed by atoms with Gasteiger partial charge in [-0.2, -0.15) is 8.78 Å². The average molecular weight is 575 g/mol. The molecule has 2 heterocycles. The first-order chi connectivity index (χ1) is 14.0. The molecule has 0 fully saturated rings. The molecule has 1 aromatic heterocycles. The number of hydrogen-bond donors (Lipinski definition) is 2. The number of alkyl halides is 2. The van der Waals surface area contributed by atoms with Gasteiger partial charge in [-0.25, -0.2) is 0 Å². The van der Waals surface area contributed by atoms with Gasteiger partial charge < -0.3 is 19.9 Å². The summed E-state index contributed by atoms with van der Waals surface area (Å²) in [7, 11) is 1.61. The topological polar surface area (TPSA) is 76.4 Å². The lowest BCUT2D eigenvalue weighted by Gasteiger charge is -2.16. The predicted molar refractivity (Wildman–Crippen MR) is 123 cm³/mol. The summed E-state index contributed by atoms with van der Waals surface area (Å²) >= 11 is 12.0. The molecule has 0 bridgehead atoms. The Bertz CT molecular complexity index is 881. The van der Waals surface area contributed by atoms with E-state index < -0.39 is 6.61 Å². The molecule has 1 aliphatic rings. The maximum atomic E-state index is 12.7. The fourth-order valence-corrected chi connectivity index (χ4v) is 3.78. The number of aryl methyl sites for hydroxylation is 1. The minimum absolute atomic E-state index is 0. The highest BCUT2D eigenvalue weighted by Gasteiger charge is 2.17. The van der Waals surface area contributed by atoms with E-state index in [-0.39, 0.29) is 41.3 Å². The van der Waals surface area contributed by atoms with Crippen molar-refractivity contribution in [3.63, 3.8) is 0 Å². The van der Waals surface area contributed by atoms with Crippen LogP contribution in [0.15, 0.2) is 17.1 Å². The van der Waals surface area contributed by atoms with Crippen molar-refractivity contribution in [2.45, 2.75) is 51.9 Å². The van der Waals surface area contributed by atoms with E-state index in [1.165, 1.54) is 18.6 Å². The highest BCUT2D eigenvalue weighted by molar-refractivity contribution is 14.0. The van der Waals surface area contributed by atoms with Crippen molar-refractivity contribution in [3.05, 3.63) is 39.4 Å². The molecule has 1 aliphatic heterocycles. The Kier molecular flexibility index (Phi) is 9.82. The van der Waals surface area contributed by atoms with Crippen molar-refractivity contribution in [3.8, 4) is 5.75 Å². The lowest BCUT2D eigenvalue weighted by molar-refractivity contribution is -0.0504. The first kappa shape index (κ1) is 24.9. The molecule has 0 radical (unpaired) electrons. The Hall–Kier alpha value is -1.40. The number of nitrogens with zero attached hydrogens (tertiary/aromatic N) is 4. The first-order valence-electron chi connectivity index (χ1n) is 9.26. The summed E-state index contributed by atoms with van der Waals surface area (Å²) in [5.41, 5.74) is 0.391. The zero-order chi connectivity index (χ0) is 20.8. The standard InChI is InChI=1S/C18H22Cl2F2N6O.HI/c1-23-18(25-10-15-27-26-14-5-3-2-4-6-28(14)15)24-9-11-7-12(19)8-13(20)16(11)29-17(21)22;/h7-8,17H,2-6,9-10H2,1H3,(H2,23,24,25);1H. The molecule has 166 valence electrons. The van der Waals surface area contributed by atoms with Crippen LogP contribution >= 0.6 is 47.2 Å². The van der Waals surface area contributed by atoms with Crippen LogP contribution in [0, 0.1) is 0 Å². The number of aliphatic imine (C=N–C) groups is 1. The van der Waals surface area contributed by atoms with E-state index in [0.29, 0.717) is 23.1 Å². The fraction of sp³-hybridized carbons (Fsp3) is 0.500. The van der Waals surface area contributed by atoms with Crippen LogP contribution in [0.4, 0.5) is 8.78 Å². The largest absolute Gasteiger partial charge is 0.433 e. The van der Waals surface area contributed by atoms with Gasteiger partial charge in [-0.05, 0) is 25.0 Å². The number of fused-ring (bicyclic) bond motifs is 1. The van der Waals surface area contributed by atoms with Crippen LogP contribution in [0.2, 0.25) is 10.0 Å². The molecule has 0 saturated carbocycles. The number of guanidine groups is 1. The summed E-state index contributed by atoms with van der Waals surface area (Å²) in [6.07, 6.45) is 4.35. The van der Waals surface area contributed by atoms with Gasteiger partial charge in [0.15, 0.2) is 11.8 Å². The molecular weight excluding hydrogens is 552 g/mol. The second kappa shape index (κ2) is 11.8. The zero-order valence-corrected chi connectivity index (χ0v) is 20.1. The van der Waals surface area contributed by atoms with Crippen molar-refractivity contribution >= 4 is 53.1 Å². The molecule has 0 amide bonds. The lowest BCUT2D eigenvalue weighted by atomic mass is 10.2. The first-order valence-corrected chi connectivity index (χ1v) is 10.0. The van der Waals surface area contributed by atoms with Crippen molar-refractivity contribution in [1.82, 2.24) is 25.4 Å². The molecule has 0 atom stereocenters. The van der Waals surface area contributed by atoms with Crippen LogP contribution in [-0.4, -0.2) is 34.4 Å². The van der Waals surface area contributed by atoms with E-state index in [1.807, 2.05) is 0 Å². The number of rotatable bonds is 6. The van der Waals surface area contributed by atoms with Gasteiger partial charge in [0.25, 0.3) is 0 Å². The van der Waals surface area contributed by atoms with E-state index in [1.54, 1.807) is 7.05 Å². The minimum Gasteiger partial charge on any atom is -0.433 e. The van der Waals surface area contributed by atoms with E-state index in [2.05, 4.69) is 35.1 Å². The van der Waals surface area contributed by atoms with Crippen LogP contribution in [0.3, 0.4) is 0 Å². The molecule has 0 aliphatic carbocycles. The van der Waals surface area contributed by atoms with E-state index in [4.69, 9.17) is 23.2 Å². The summed E-state index contributed by atoms with van der Waals surface area (Å²) < 4.78 is 32.1. The second-order valence-corrected chi connectivity index (χ2v) is 7.37. The number of nitrogens with one attached hydrogen (secondary N) is 2. The second-order valence-electron chi connectivity index (χ2n) is 6.53. The number of benzene rings is 1. The summed E-state index contributed by atoms with van der Waals surface area (Å²) in [6.45, 7) is -1.52. The van der Waals surface area contributed by atoms with Crippen LogP contribution in [0.1, 0.15) is 36.5 Å². The van der Waals surface area contributed by atoms with Gasteiger partial charge in [0.2, 0.25) is 0 Å². The fourth-order valence-electron chi connectivity index (χ4n) is 3.20. The summed E-state index contributed by atoms with van der Waals surface area (Å²) in [5.74, 6) is 2.19. The van der Waals surface area contributed by atoms with E-state index in [0.717, 1.165) is 37.5 Å². The van der Waals surface area contributed by atoms with Crippen LogP contribution in [0.25, 0.3) is 0 Å². The molecule has 1 aromatic carbocycles. The zero-order valence-electron chi connectivity index (χ0n) is 16.3. The SMILES string of the molecule is CN=C(NCc1cc(Cl)cc(Cl)c1OC(F)F)NCc1nnc2n1CCCCC2.I. The van der Waals surface area contributed by atoms with Gasteiger partial charge in [0.05, 0.1) is 11.6 Å². The van der Waals surface area contributed by atoms with Crippen LogP contribution in [-0.2, 0) is 26.1 Å². The van der Waals surface area contributed by atoms with Gasteiger partial charge in [-0.3, -0.25) is 4.99 Å². The van der Waals surface area contributed by atoms with Gasteiger partial charge in [0, 0.05) is 37.1 Å². The Morgan fingerprint density at radius 2 is 1.97 bits per heavy atom. The van der Waals surface area contributed by atoms with Crippen molar-refractivity contribution in [2.24, 2.45) is 4.99 Å². The molecule has 30 heavy (non-hydrogen) atoms. The normalized spacial score (nSPS) is 14.0. The Morgan fingerprint density at radius 1 is 1.20 bits per heavy atom. The molecule has 7 nitrogen and oxygen atoms in total. The van der Waals surface area contributed by atoms with E-state index >= 15 is 0 Å². The predicted octanol–water partition coefficient (Wildman–Crippen LogP) is 4.40. The molecule has 12 heteroatoms. The summed E-state index contributed by atoms with van der Waals surface area (Å²) in [4.78, 5) is 4.15. The third-order valence-electron chi connectivity index (χ3n) is 4.56. The number of ether oxygens (including phenoxy) is 1. The third-order valence-corrected chi connectivity index (χ3v) is 5.06. The van der Waals surface area contributed by atoms with Gasteiger partial charge >= 0.3 is 6.61 Å². The van der Waals surface area contributed by atoms with Gasteiger partial charge in [-0.15, -0.1) is 34.2 Å². The molecule has 3 rings (SSSR count). The summed E-state index contributed by atoms with van der Waals surface area (Å²) in [5, 5.41) is 15.1. The van der Waals surface area contributed by atoms with Gasteiger partial charge in [0.1, 0.15) is 11.6 Å². The summed E-state index contributed by atoms with van der Waals surface area (Å²) in [6, 6.07) is 2.87. The molecule has 0 unspecified atom stereocenters. The number of hydrogen-bond acceptors (Lipinski definition) is 4. The Balaban J connectivity index is 0.00000320. The molecule has 2 N–H and O–H groups in total. The number of halogens is 5. The van der Waals surface area contributed by atoms with Crippen LogP contribution < -0.4 is 15.4 Å². The van der Waals surface area contributed by atoms with Crippen molar-refractivity contribution < 1.29 is 13.5 Å². The maximum absolute atomic E-state index is 12.7. The quantitative estimate of drug-likeness (QED) is 0.304. The molecule has 2 aromatic rings. The van der Waals surface area contributed by atoms with E-state index in [9.17, 15) is 8.78 Å². The van der Waals surface area contributed by atoms with Crippen LogP contribution in [0.5, 0.6) is 5.75 Å². The Labute approximate surface area is 200 Å².